The minimum absolute atomic E-state index is 0.176. The summed E-state index contributed by atoms with van der Waals surface area (Å²) in [5, 5.41) is 15.5. The molecule has 4 rings (SSSR count). The Morgan fingerprint density at radius 1 is 0.900 bits per heavy atom. The van der Waals surface area contributed by atoms with Crippen molar-refractivity contribution in [2.75, 3.05) is 11.9 Å². The Labute approximate surface area is 176 Å². The van der Waals surface area contributed by atoms with Crippen LogP contribution in [0.25, 0.3) is 10.9 Å². The van der Waals surface area contributed by atoms with E-state index in [1.165, 1.54) is 0 Å². The van der Waals surface area contributed by atoms with Gasteiger partial charge in [-0.2, -0.15) is 0 Å². The Morgan fingerprint density at radius 2 is 1.63 bits per heavy atom. The zero-order chi connectivity index (χ0) is 21.1. The number of benzene rings is 2. The third-order valence-electron chi connectivity index (χ3n) is 5.02. The van der Waals surface area contributed by atoms with Gasteiger partial charge in [-0.1, -0.05) is 36.4 Å². The first-order valence-electron chi connectivity index (χ1n) is 10.1. The van der Waals surface area contributed by atoms with Crippen molar-refractivity contribution in [1.29, 1.82) is 0 Å². The Morgan fingerprint density at radius 3 is 2.37 bits per heavy atom. The highest BCUT2D eigenvalue weighted by molar-refractivity contribution is 5.86. The van der Waals surface area contributed by atoms with Crippen molar-refractivity contribution in [2.24, 2.45) is 0 Å². The van der Waals surface area contributed by atoms with Gasteiger partial charge >= 0.3 is 0 Å². The average Bonchev–Trinajstić information content (AvgIpc) is 2.74. The van der Waals surface area contributed by atoms with Gasteiger partial charge in [0.2, 0.25) is 0 Å². The van der Waals surface area contributed by atoms with E-state index in [9.17, 15) is 5.11 Å². The molecule has 0 spiro atoms. The van der Waals surface area contributed by atoms with Gasteiger partial charge in [0.15, 0.2) is 0 Å². The fraction of sp³-hybridized carbons (Fsp3) is 0.200. The molecule has 5 nitrogen and oxygen atoms in total. The molecule has 0 fully saturated rings. The molecule has 2 N–H and O–H groups in total. The number of anilines is 1. The third kappa shape index (κ3) is 4.06. The minimum Gasteiger partial charge on any atom is -0.505 e. The van der Waals surface area contributed by atoms with Crippen molar-refractivity contribution >= 4 is 16.7 Å². The second-order valence-corrected chi connectivity index (χ2v) is 7.27. The summed E-state index contributed by atoms with van der Waals surface area (Å²) >= 11 is 0. The Hall–Kier alpha value is -3.60. The smallest absolute Gasteiger partial charge is 0.147 e. The lowest BCUT2D eigenvalue weighted by molar-refractivity contribution is 0.340. The van der Waals surface area contributed by atoms with E-state index in [0.29, 0.717) is 12.1 Å². The van der Waals surface area contributed by atoms with Crippen LogP contribution in [0.2, 0.25) is 0 Å². The maximum Gasteiger partial charge on any atom is 0.147 e. The number of aryl methyl sites for hydroxylation is 2. The number of rotatable bonds is 6. The summed E-state index contributed by atoms with van der Waals surface area (Å²) in [5.74, 6) is 1.73. The van der Waals surface area contributed by atoms with Crippen molar-refractivity contribution in [3.8, 4) is 11.5 Å². The predicted octanol–water partition coefficient (Wildman–Crippen LogP) is 5.55. The molecule has 1 atom stereocenters. The van der Waals surface area contributed by atoms with Crippen molar-refractivity contribution < 1.29 is 9.84 Å². The Kier molecular flexibility index (Phi) is 5.53. The van der Waals surface area contributed by atoms with Gasteiger partial charge in [0.05, 0.1) is 12.6 Å². The summed E-state index contributed by atoms with van der Waals surface area (Å²) in [5.41, 5.74) is 4.12. The normalized spacial score (nSPS) is 12.0. The first-order valence-corrected chi connectivity index (χ1v) is 10.1. The number of hydrogen-bond acceptors (Lipinski definition) is 5. The monoisotopic (exact) mass is 399 g/mol. The second kappa shape index (κ2) is 8.41. The maximum absolute atomic E-state index is 11.1. The number of aromatic hydroxyl groups is 1. The molecule has 0 saturated heterocycles. The van der Waals surface area contributed by atoms with Crippen LogP contribution < -0.4 is 10.1 Å². The standard InChI is InChI=1S/C25H25N3O2/c1-4-30-20-13-10-18(11-14-20)23(28-22-7-5-6-16(2)26-22)21-15-12-19-9-8-17(3)27-24(19)25(21)29/h5-15,23,29H,4H2,1-3H3,(H,26,28). The highest BCUT2D eigenvalue weighted by atomic mass is 16.5. The predicted molar refractivity (Wildman–Crippen MR) is 120 cm³/mol. The molecule has 1 unspecified atom stereocenters. The fourth-order valence-electron chi connectivity index (χ4n) is 3.55. The summed E-state index contributed by atoms with van der Waals surface area (Å²) < 4.78 is 5.58. The number of nitrogens with one attached hydrogen (secondary N) is 1. The van der Waals surface area contributed by atoms with Gasteiger partial charge in [-0.05, 0) is 56.7 Å². The quantitative estimate of drug-likeness (QED) is 0.445. The summed E-state index contributed by atoms with van der Waals surface area (Å²) in [6.07, 6.45) is 0. The largest absolute Gasteiger partial charge is 0.505 e. The molecule has 0 aliphatic heterocycles. The van der Waals surface area contributed by atoms with Crippen LogP contribution in [0.4, 0.5) is 5.82 Å². The molecule has 0 bridgehead atoms. The summed E-state index contributed by atoms with van der Waals surface area (Å²) in [7, 11) is 0. The zero-order valence-corrected chi connectivity index (χ0v) is 17.4. The average molecular weight is 399 g/mol. The molecular weight excluding hydrogens is 374 g/mol. The minimum atomic E-state index is -0.304. The molecule has 152 valence electrons. The molecule has 0 aliphatic rings. The number of nitrogens with zero attached hydrogens (tertiary/aromatic N) is 2. The summed E-state index contributed by atoms with van der Waals surface area (Å²) in [6, 6.07) is 21.3. The van der Waals surface area contributed by atoms with Crippen molar-refractivity contribution in [3.05, 3.63) is 89.2 Å². The number of hydrogen-bond donors (Lipinski definition) is 2. The first-order chi connectivity index (χ1) is 14.5. The molecule has 2 aromatic heterocycles. The molecule has 0 amide bonds. The van der Waals surface area contributed by atoms with Crippen molar-refractivity contribution in [1.82, 2.24) is 9.97 Å². The molecule has 30 heavy (non-hydrogen) atoms. The molecular formula is C25H25N3O2. The van der Waals surface area contributed by atoms with Gasteiger partial charge in [0, 0.05) is 22.3 Å². The fourth-order valence-corrected chi connectivity index (χ4v) is 3.55. The maximum atomic E-state index is 11.1. The van der Waals surface area contributed by atoms with Crippen LogP contribution in [-0.2, 0) is 0 Å². The molecule has 2 aromatic carbocycles. The van der Waals surface area contributed by atoms with Crippen LogP contribution >= 0.6 is 0 Å². The molecule has 0 radical (unpaired) electrons. The van der Waals surface area contributed by atoms with E-state index in [1.54, 1.807) is 0 Å². The van der Waals surface area contributed by atoms with Crippen LogP contribution in [0, 0.1) is 13.8 Å². The SMILES string of the molecule is CCOc1ccc(C(Nc2cccc(C)n2)c2ccc3ccc(C)nc3c2O)cc1. The lowest BCUT2D eigenvalue weighted by Gasteiger charge is -2.22. The number of ether oxygens (including phenoxy) is 1. The van der Waals surface area contributed by atoms with E-state index in [2.05, 4.69) is 15.3 Å². The number of phenolic OH excluding ortho intramolecular Hbond substituents is 1. The number of pyridine rings is 2. The highest BCUT2D eigenvalue weighted by Crippen LogP contribution is 2.36. The van der Waals surface area contributed by atoms with Crippen molar-refractivity contribution in [3.63, 3.8) is 0 Å². The lowest BCUT2D eigenvalue weighted by atomic mass is 9.96. The molecule has 0 aliphatic carbocycles. The van der Waals surface area contributed by atoms with Gasteiger partial charge in [-0.3, -0.25) is 0 Å². The van der Waals surface area contributed by atoms with E-state index in [0.717, 1.165) is 39.5 Å². The van der Waals surface area contributed by atoms with E-state index < -0.39 is 0 Å². The number of fused-ring (bicyclic) bond motifs is 1. The van der Waals surface area contributed by atoms with Gasteiger partial charge < -0.3 is 15.2 Å². The van der Waals surface area contributed by atoms with Gasteiger partial charge in [-0.25, -0.2) is 9.97 Å². The van der Waals surface area contributed by atoms with Crippen LogP contribution in [0.15, 0.2) is 66.7 Å². The second-order valence-electron chi connectivity index (χ2n) is 7.27. The van der Waals surface area contributed by atoms with Gasteiger partial charge in [0.1, 0.15) is 22.8 Å². The lowest BCUT2D eigenvalue weighted by Crippen LogP contribution is -2.14. The zero-order valence-electron chi connectivity index (χ0n) is 17.4. The van der Waals surface area contributed by atoms with Gasteiger partial charge in [0.25, 0.3) is 0 Å². The summed E-state index contributed by atoms with van der Waals surface area (Å²) in [4.78, 5) is 9.14. The van der Waals surface area contributed by atoms with Crippen LogP contribution in [0.3, 0.4) is 0 Å². The Bertz CT molecular complexity index is 1170. The van der Waals surface area contributed by atoms with Crippen LogP contribution in [0.5, 0.6) is 11.5 Å². The highest BCUT2D eigenvalue weighted by Gasteiger charge is 2.21. The Balaban J connectivity index is 1.82. The molecule has 0 saturated carbocycles. The van der Waals surface area contributed by atoms with E-state index in [1.807, 2.05) is 87.5 Å². The number of aromatic nitrogens is 2. The van der Waals surface area contributed by atoms with E-state index in [4.69, 9.17) is 4.74 Å². The first kappa shape index (κ1) is 19.7. The molecule has 2 heterocycles. The number of phenols is 1. The molecule has 4 aromatic rings. The summed E-state index contributed by atoms with van der Waals surface area (Å²) in [6.45, 7) is 6.45. The van der Waals surface area contributed by atoms with Crippen LogP contribution in [0.1, 0.15) is 35.5 Å². The third-order valence-corrected chi connectivity index (χ3v) is 5.02. The van der Waals surface area contributed by atoms with Gasteiger partial charge in [-0.15, -0.1) is 0 Å². The van der Waals surface area contributed by atoms with E-state index in [-0.39, 0.29) is 11.8 Å². The topological polar surface area (TPSA) is 67.3 Å². The van der Waals surface area contributed by atoms with Crippen LogP contribution in [-0.4, -0.2) is 21.7 Å². The van der Waals surface area contributed by atoms with E-state index >= 15 is 0 Å². The molecule has 5 heteroatoms. The van der Waals surface area contributed by atoms with Crippen molar-refractivity contribution in [2.45, 2.75) is 26.8 Å².